The number of aromatic nitrogens is 2. The molecule has 1 aliphatic carbocycles. The molecule has 4 fully saturated rings. The number of fused-ring (bicyclic) bond motifs is 4. The molecule has 0 spiro atoms. The van der Waals surface area contributed by atoms with Gasteiger partial charge in [0.15, 0.2) is 0 Å². The van der Waals surface area contributed by atoms with E-state index in [0.29, 0.717) is 12.8 Å². The standard InChI is InChI=1S/C40H54N8O4S/c1-7-47-33-9-8-24-16-28(33)30(37(47)29-17-27(20-42-35(29)23(2)51-6)46-12-10-45(5)11-13-46)19-40(3,4)22-52-39(50)36-25-14-26(15-25)48(44-36)38(49)31(41)18-34-43-32(24)21-53-34/h8-9,16,20-21,23,25-27,31,36,44H,7,10-15,17-19,22,41H2,1-6H3/t23-,25?,26?,27+,31-,36?/m0/s1. The molecule has 0 radical (unpaired) electrons. The monoisotopic (exact) mass is 742 g/mol. The zero-order valence-electron chi connectivity index (χ0n) is 31.9. The number of likely N-dealkylation sites (N-methyl/N-ethyl adjacent to an activating group) is 1. The predicted molar refractivity (Wildman–Crippen MR) is 208 cm³/mol. The van der Waals surface area contributed by atoms with Crippen LogP contribution >= 0.6 is 11.3 Å². The molecular formula is C40H54N8O4S. The molecular weight excluding hydrogens is 689 g/mol. The van der Waals surface area contributed by atoms with Crippen molar-refractivity contribution in [1.82, 2.24) is 29.8 Å². The van der Waals surface area contributed by atoms with Gasteiger partial charge in [-0.1, -0.05) is 19.9 Å². The first-order chi connectivity index (χ1) is 25.4. The third-order valence-corrected chi connectivity index (χ3v) is 13.1. The number of methoxy groups -OCH3 is 1. The second-order valence-corrected chi connectivity index (χ2v) is 17.5. The van der Waals surface area contributed by atoms with Gasteiger partial charge in [0.1, 0.15) is 6.04 Å². The van der Waals surface area contributed by atoms with Crippen molar-refractivity contribution in [2.75, 3.05) is 46.9 Å². The van der Waals surface area contributed by atoms with Gasteiger partial charge in [-0.05, 0) is 70.2 Å². The van der Waals surface area contributed by atoms with Crippen LogP contribution in [0, 0.1) is 11.3 Å². The number of rotatable bonds is 5. The summed E-state index contributed by atoms with van der Waals surface area (Å²) in [7, 11) is 3.95. The molecule has 12 nitrogen and oxygen atoms in total. The van der Waals surface area contributed by atoms with Crippen molar-refractivity contribution in [3.8, 4) is 11.3 Å². The normalized spacial score (nSPS) is 28.9. The summed E-state index contributed by atoms with van der Waals surface area (Å²) in [6.07, 6.45) is 5.33. The van der Waals surface area contributed by atoms with Crippen LogP contribution in [0.3, 0.4) is 0 Å². The highest BCUT2D eigenvalue weighted by Gasteiger charge is 2.51. The summed E-state index contributed by atoms with van der Waals surface area (Å²) >= 11 is 1.53. The smallest absolute Gasteiger partial charge is 0.325 e. The number of piperazine rings is 1. The zero-order chi connectivity index (χ0) is 37.2. The Kier molecular flexibility index (Phi) is 9.86. The topological polar surface area (TPSA) is 131 Å². The minimum atomic E-state index is -0.770. The van der Waals surface area contributed by atoms with E-state index in [4.69, 9.17) is 25.2 Å². The van der Waals surface area contributed by atoms with Gasteiger partial charge in [0, 0.05) is 97.4 Å². The van der Waals surface area contributed by atoms with Gasteiger partial charge in [0.05, 0.1) is 40.8 Å². The average Bonchev–Trinajstić information content (AvgIpc) is 3.73. The Morgan fingerprint density at radius 2 is 1.92 bits per heavy atom. The van der Waals surface area contributed by atoms with Crippen molar-refractivity contribution in [3.05, 3.63) is 45.5 Å². The van der Waals surface area contributed by atoms with Crippen molar-refractivity contribution in [2.24, 2.45) is 22.1 Å². The van der Waals surface area contributed by atoms with E-state index >= 15 is 0 Å². The molecule has 5 aliphatic heterocycles. The first kappa shape index (κ1) is 36.5. The number of aliphatic imine (C=N–C) groups is 1. The van der Waals surface area contributed by atoms with E-state index in [1.807, 2.05) is 0 Å². The van der Waals surface area contributed by atoms with Crippen LogP contribution < -0.4 is 11.2 Å². The second kappa shape index (κ2) is 14.3. The van der Waals surface area contributed by atoms with Crippen LogP contribution in [0.25, 0.3) is 27.7 Å². The highest BCUT2D eigenvalue weighted by Crippen LogP contribution is 2.43. The highest BCUT2D eigenvalue weighted by atomic mass is 32.1. The third-order valence-electron chi connectivity index (χ3n) is 12.2. The average molecular weight is 743 g/mol. The highest BCUT2D eigenvalue weighted by molar-refractivity contribution is 7.10. The Hall–Kier alpha value is -3.46. The Labute approximate surface area is 316 Å². The van der Waals surface area contributed by atoms with Crippen LogP contribution in [0.4, 0.5) is 0 Å². The van der Waals surface area contributed by atoms with E-state index < -0.39 is 17.5 Å². The number of carbonyl (C=O) groups excluding carboxylic acids is 2. The van der Waals surface area contributed by atoms with E-state index in [2.05, 4.69) is 84.3 Å². The predicted octanol–water partition coefficient (Wildman–Crippen LogP) is 4.11. The van der Waals surface area contributed by atoms with Gasteiger partial charge in [0.2, 0.25) is 0 Å². The van der Waals surface area contributed by atoms with E-state index in [9.17, 15) is 9.59 Å². The Bertz CT molecular complexity index is 1950. The molecule has 13 heteroatoms. The number of amides is 1. The molecule has 1 unspecified atom stereocenters. The second-order valence-electron chi connectivity index (χ2n) is 16.5. The van der Waals surface area contributed by atoms with Crippen LogP contribution in [0.2, 0.25) is 0 Å². The van der Waals surface area contributed by atoms with Crippen molar-refractivity contribution < 1.29 is 19.1 Å². The molecule has 4 atom stereocenters. The van der Waals surface area contributed by atoms with Crippen LogP contribution in [-0.4, -0.2) is 120 Å². The lowest BCUT2D eigenvalue weighted by Crippen LogP contribution is -2.71. The number of carbonyl (C=O) groups is 2. The van der Waals surface area contributed by atoms with Gasteiger partial charge in [-0.15, -0.1) is 11.3 Å². The fourth-order valence-electron chi connectivity index (χ4n) is 8.94. The van der Waals surface area contributed by atoms with E-state index in [0.717, 1.165) is 84.9 Å². The first-order valence-corrected chi connectivity index (χ1v) is 20.2. The summed E-state index contributed by atoms with van der Waals surface area (Å²) in [4.78, 5) is 42.5. The molecule has 3 N–H and O–H groups in total. The Morgan fingerprint density at radius 3 is 2.66 bits per heavy atom. The Balaban J connectivity index is 1.26. The van der Waals surface area contributed by atoms with Crippen LogP contribution in [0.5, 0.6) is 0 Å². The number of thiazole rings is 1. The molecule has 3 aromatic rings. The number of ether oxygens (including phenoxy) is 2. The quantitative estimate of drug-likeness (QED) is 0.371. The zero-order valence-corrected chi connectivity index (χ0v) is 32.7. The van der Waals surface area contributed by atoms with Gasteiger partial charge in [-0.25, -0.2) is 10.4 Å². The SMILES string of the molecule is CCn1c(C2=C([C@H](C)OC)N=C[C@H](N3CCN(C)CC3)C2)c2c3cc(ccc31)-c1csc(n1)C[C@H](N)C(=O)N1NC(C(=O)OCC(C)(C)C2)C2CC1C2. The van der Waals surface area contributed by atoms with Crippen LogP contribution in [0.1, 0.15) is 63.2 Å². The molecule has 284 valence electrons. The van der Waals surface area contributed by atoms with E-state index in [1.54, 1.807) is 12.1 Å². The summed E-state index contributed by atoms with van der Waals surface area (Å²) in [5, 5.41) is 5.65. The molecule has 1 aromatic carbocycles. The van der Waals surface area contributed by atoms with Gasteiger partial charge in [0.25, 0.3) is 5.91 Å². The molecule has 9 rings (SSSR count). The molecule has 8 bridgehead atoms. The molecule has 6 aliphatic rings. The van der Waals surface area contributed by atoms with Crippen molar-refractivity contribution >= 4 is 45.9 Å². The van der Waals surface area contributed by atoms with Crippen molar-refractivity contribution in [1.29, 1.82) is 0 Å². The van der Waals surface area contributed by atoms with Gasteiger partial charge in [-0.3, -0.25) is 24.5 Å². The maximum Gasteiger partial charge on any atom is 0.325 e. The van der Waals surface area contributed by atoms with Crippen LogP contribution in [0.15, 0.2) is 34.3 Å². The summed E-state index contributed by atoms with van der Waals surface area (Å²) < 4.78 is 14.6. The summed E-state index contributed by atoms with van der Waals surface area (Å²) in [5.74, 6) is -0.377. The number of esters is 1. The summed E-state index contributed by atoms with van der Waals surface area (Å²) in [6.45, 7) is 13.8. The number of benzene rings is 1. The summed E-state index contributed by atoms with van der Waals surface area (Å²) in [6, 6.07) is 5.53. The number of hydrazine groups is 1. The summed E-state index contributed by atoms with van der Waals surface area (Å²) in [5.41, 5.74) is 17.0. The van der Waals surface area contributed by atoms with Gasteiger partial charge >= 0.3 is 5.97 Å². The Morgan fingerprint density at radius 1 is 1.15 bits per heavy atom. The molecule has 1 saturated carbocycles. The number of nitrogens with one attached hydrogen (secondary N) is 1. The lowest BCUT2D eigenvalue weighted by Gasteiger charge is -2.53. The number of cyclic esters (lactones) is 1. The van der Waals surface area contributed by atoms with Crippen molar-refractivity contribution in [3.63, 3.8) is 0 Å². The minimum Gasteiger partial charge on any atom is -0.464 e. The number of hydrogen-bond acceptors (Lipinski definition) is 11. The van der Waals surface area contributed by atoms with Crippen LogP contribution in [-0.2, 0) is 38.4 Å². The maximum absolute atomic E-state index is 13.8. The number of aryl methyl sites for hydroxylation is 1. The maximum atomic E-state index is 13.8. The molecule has 7 heterocycles. The fraction of sp³-hybridized carbons (Fsp3) is 0.600. The minimum absolute atomic E-state index is 0.0441. The largest absolute Gasteiger partial charge is 0.464 e. The molecule has 1 amide bonds. The fourth-order valence-corrected chi connectivity index (χ4v) is 9.81. The van der Waals surface area contributed by atoms with Crippen molar-refractivity contribution in [2.45, 2.75) is 96.6 Å². The number of nitrogens with two attached hydrogens (primary N) is 1. The number of nitrogens with zero attached hydrogens (tertiary/aromatic N) is 6. The van der Waals surface area contributed by atoms with E-state index in [1.165, 1.54) is 28.2 Å². The number of hydrogen-bond donors (Lipinski definition) is 2. The van der Waals surface area contributed by atoms with Gasteiger partial charge < -0.3 is 24.7 Å². The third kappa shape index (κ3) is 6.78. The molecule has 3 saturated heterocycles. The molecule has 2 aromatic heterocycles. The lowest BCUT2D eigenvalue weighted by atomic mass is 9.73. The van der Waals surface area contributed by atoms with E-state index in [-0.39, 0.29) is 42.6 Å². The molecule has 53 heavy (non-hydrogen) atoms. The lowest BCUT2D eigenvalue weighted by molar-refractivity contribution is -0.170. The first-order valence-electron chi connectivity index (χ1n) is 19.3. The van der Waals surface area contributed by atoms with Gasteiger partial charge in [-0.2, -0.15) is 0 Å².